The maximum absolute atomic E-state index is 12.9. The summed E-state index contributed by atoms with van der Waals surface area (Å²) in [5.41, 5.74) is 5.34. The quantitative estimate of drug-likeness (QED) is 0.435. The highest BCUT2D eigenvalue weighted by Gasteiger charge is 2.24. The van der Waals surface area contributed by atoms with Crippen LogP contribution < -0.4 is 10.5 Å². The molecule has 0 radical (unpaired) electrons. The van der Waals surface area contributed by atoms with Gasteiger partial charge in [0.1, 0.15) is 11.5 Å². The number of hydrogen-bond donors (Lipinski definition) is 0. The van der Waals surface area contributed by atoms with Gasteiger partial charge >= 0.3 is 0 Å². The summed E-state index contributed by atoms with van der Waals surface area (Å²) < 4.78 is 8.97. The third kappa shape index (κ3) is 4.25. The fourth-order valence-corrected chi connectivity index (χ4v) is 4.66. The molecule has 9 heteroatoms. The summed E-state index contributed by atoms with van der Waals surface area (Å²) in [5.74, 6) is 1.17. The highest BCUT2D eigenvalue weighted by atomic mass is 16.5. The summed E-state index contributed by atoms with van der Waals surface area (Å²) in [6.07, 6.45) is 7.50. The molecule has 4 aromatic heterocycles. The Labute approximate surface area is 198 Å². The number of aryl methyl sites for hydroxylation is 3. The van der Waals surface area contributed by atoms with E-state index in [1.54, 1.807) is 18.5 Å². The molecule has 1 saturated heterocycles. The molecule has 5 rings (SSSR count). The van der Waals surface area contributed by atoms with E-state index in [1.807, 2.05) is 32.2 Å². The lowest BCUT2D eigenvalue weighted by molar-refractivity contribution is 0.397. The molecule has 0 saturated carbocycles. The maximum atomic E-state index is 12.9. The number of nitrogens with zero attached hydrogens (tertiary/aromatic N) is 7. The Morgan fingerprint density at radius 1 is 1.06 bits per heavy atom. The normalized spacial score (nSPS) is 14.6. The summed E-state index contributed by atoms with van der Waals surface area (Å²) in [4.78, 5) is 19.5. The summed E-state index contributed by atoms with van der Waals surface area (Å²) >= 11 is 0. The highest BCUT2D eigenvalue weighted by Crippen LogP contribution is 2.30. The molecular weight excluding hydrogens is 430 g/mol. The molecule has 1 aliphatic rings. The Kier molecular flexibility index (Phi) is 6.00. The summed E-state index contributed by atoms with van der Waals surface area (Å²) in [6, 6.07) is 7.70. The van der Waals surface area contributed by atoms with Gasteiger partial charge in [-0.05, 0) is 51.8 Å². The summed E-state index contributed by atoms with van der Waals surface area (Å²) in [5, 5.41) is 13.1. The summed E-state index contributed by atoms with van der Waals surface area (Å²) in [7, 11) is 0. The molecule has 0 amide bonds. The fraction of sp³-hybridized carbons (Fsp3) is 0.400. The Bertz CT molecular complexity index is 1330. The molecule has 0 aromatic carbocycles. The molecule has 0 unspecified atom stereocenters. The zero-order valence-corrected chi connectivity index (χ0v) is 19.8. The van der Waals surface area contributed by atoms with Gasteiger partial charge in [-0.2, -0.15) is 10.2 Å². The van der Waals surface area contributed by atoms with Crippen molar-refractivity contribution in [2.75, 3.05) is 18.0 Å². The first-order valence-corrected chi connectivity index (χ1v) is 11.8. The molecular formula is C25H29N7O2. The van der Waals surface area contributed by atoms with Crippen LogP contribution in [0.25, 0.3) is 11.3 Å². The van der Waals surface area contributed by atoms with Crippen LogP contribution in [0.1, 0.15) is 48.4 Å². The fourth-order valence-electron chi connectivity index (χ4n) is 4.66. The van der Waals surface area contributed by atoms with E-state index in [0.29, 0.717) is 23.9 Å². The first-order valence-electron chi connectivity index (χ1n) is 11.8. The van der Waals surface area contributed by atoms with Crippen LogP contribution in [0.2, 0.25) is 0 Å². The van der Waals surface area contributed by atoms with Crippen molar-refractivity contribution in [3.63, 3.8) is 0 Å². The van der Waals surface area contributed by atoms with Crippen LogP contribution >= 0.6 is 0 Å². The first-order chi connectivity index (χ1) is 16.5. The van der Waals surface area contributed by atoms with E-state index in [1.165, 1.54) is 10.4 Å². The van der Waals surface area contributed by atoms with Crippen molar-refractivity contribution >= 4 is 5.69 Å². The number of rotatable bonds is 6. The van der Waals surface area contributed by atoms with Gasteiger partial charge in [-0.1, -0.05) is 5.16 Å². The second kappa shape index (κ2) is 9.24. The standard InChI is InChI=1S/C25H29N7O2/c1-4-31-23(7-10-27-31)19-8-11-30(12-9-19)21-13-24(33)32(28-15-21)16-22-18(3)34-29-25(22)20-6-5-17(2)26-14-20/h5-7,10,13-15,19H,4,8-9,11-12,16H2,1-3H3. The van der Waals surface area contributed by atoms with Crippen molar-refractivity contribution < 1.29 is 4.52 Å². The number of aromatic nitrogens is 6. The SMILES string of the molecule is CCn1nccc1C1CCN(c2cnn(Cc3c(-c4ccc(C)nc4)noc3C)c(=O)c2)CC1. The molecule has 5 heterocycles. The third-order valence-corrected chi connectivity index (χ3v) is 6.66. The van der Waals surface area contributed by atoms with Crippen molar-refractivity contribution in [1.29, 1.82) is 0 Å². The van der Waals surface area contributed by atoms with Crippen LogP contribution in [0, 0.1) is 13.8 Å². The molecule has 34 heavy (non-hydrogen) atoms. The van der Waals surface area contributed by atoms with Crippen LogP contribution in [-0.2, 0) is 13.1 Å². The molecule has 1 fully saturated rings. The van der Waals surface area contributed by atoms with Gasteiger partial charge in [0.15, 0.2) is 0 Å². The molecule has 4 aromatic rings. The molecule has 0 spiro atoms. The van der Waals surface area contributed by atoms with Crippen molar-refractivity contribution in [3.8, 4) is 11.3 Å². The van der Waals surface area contributed by atoms with E-state index in [0.717, 1.165) is 55.0 Å². The third-order valence-electron chi connectivity index (χ3n) is 6.66. The molecule has 0 bridgehead atoms. The van der Waals surface area contributed by atoms with Crippen LogP contribution in [0.5, 0.6) is 0 Å². The Morgan fingerprint density at radius 2 is 1.88 bits per heavy atom. The summed E-state index contributed by atoms with van der Waals surface area (Å²) in [6.45, 7) is 8.86. The average molecular weight is 460 g/mol. The second-order valence-corrected chi connectivity index (χ2v) is 8.80. The largest absolute Gasteiger partial charge is 0.370 e. The lowest BCUT2D eigenvalue weighted by Crippen LogP contribution is -2.35. The lowest BCUT2D eigenvalue weighted by atomic mass is 9.93. The number of anilines is 1. The highest BCUT2D eigenvalue weighted by molar-refractivity contribution is 5.62. The van der Waals surface area contributed by atoms with Crippen LogP contribution in [-0.4, -0.2) is 42.8 Å². The Hall–Kier alpha value is -3.75. The van der Waals surface area contributed by atoms with Gasteiger partial charge in [-0.25, -0.2) is 4.68 Å². The minimum Gasteiger partial charge on any atom is -0.370 e. The predicted octanol–water partition coefficient (Wildman–Crippen LogP) is 3.56. The zero-order valence-electron chi connectivity index (χ0n) is 19.8. The van der Waals surface area contributed by atoms with Crippen molar-refractivity contribution in [1.82, 2.24) is 29.7 Å². The zero-order chi connectivity index (χ0) is 23.7. The van der Waals surface area contributed by atoms with Gasteiger partial charge in [-0.15, -0.1) is 0 Å². The Balaban J connectivity index is 1.31. The molecule has 1 aliphatic heterocycles. The van der Waals surface area contributed by atoms with Gasteiger partial charge in [0.05, 0.1) is 18.4 Å². The minimum atomic E-state index is -0.141. The van der Waals surface area contributed by atoms with Crippen molar-refractivity contribution in [2.24, 2.45) is 0 Å². The number of piperidine rings is 1. The van der Waals surface area contributed by atoms with Gasteiger partial charge < -0.3 is 9.42 Å². The molecule has 9 nitrogen and oxygen atoms in total. The molecule has 0 atom stereocenters. The predicted molar refractivity (Wildman–Crippen MR) is 129 cm³/mol. The van der Waals surface area contributed by atoms with Gasteiger partial charge in [-0.3, -0.25) is 14.5 Å². The van der Waals surface area contributed by atoms with E-state index in [-0.39, 0.29) is 5.56 Å². The topological polar surface area (TPSA) is 94.9 Å². The molecule has 176 valence electrons. The van der Waals surface area contributed by atoms with Gasteiger partial charge in [0.25, 0.3) is 5.56 Å². The maximum Gasteiger partial charge on any atom is 0.269 e. The minimum absolute atomic E-state index is 0.141. The van der Waals surface area contributed by atoms with E-state index >= 15 is 0 Å². The van der Waals surface area contributed by atoms with Gasteiger partial charge in [0.2, 0.25) is 0 Å². The average Bonchev–Trinajstić information content (AvgIpc) is 3.48. The van der Waals surface area contributed by atoms with E-state index in [4.69, 9.17) is 4.52 Å². The lowest BCUT2D eigenvalue weighted by Gasteiger charge is -2.33. The van der Waals surface area contributed by atoms with E-state index < -0.39 is 0 Å². The van der Waals surface area contributed by atoms with Crippen molar-refractivity contribution in [3.05, 3.63) is 75.9 Å². The second-order valence-electron chi connectivity index (χ2n) is 8.80. The van der Waals surface area contributed by atoms with Crippen molar-refractivity contribution in [2.45, 2.75) is 52.6 Å². The smallest absolute Gasteiger partial charge is 0.269 e. The Morgan fingerprint density at radius 3 is 2.59 bits per heavy atom. The van der Waals surface area contributed by atoms with E-state index in [2.05, 4.69) is 42.9 Å². The van der Waals surface area contributed by atoms with Crippen LogP contribution in [0.15, 0.2) is 52.2 Å². The van der Waals surface area contributed by atoms with Crippen LogP contribution in [0.3, 0.4) is 0 Å². The van der Waals surface area contributed by atoms with Crippen LogP contribution in [0.4, 0.5) is 5.69 Å². The van der Waals surface area contributed by atoms with Gasteiger partial charge in [0, 0.05) is 66.5 Å². The first kappa shape index (κ1) is 22.1. The molecule has 0 N–H and O–H groups in total. The monoisotopic (exact) mass is 459 g/mol. The molecule has 0 aliphatic carbocycles. The number of pyridine rings is 1. The van der Waals surface area contributed by atoms with E-state index in [9.17, 15) is 4.79 Å². The number of hydrogen-bond acceptors (Lipinski definition) is 7.